The minimum absolute atomic E-state index is 0.128. The predicted molar refractivity (Wildman–Crippen MR) is 88.4 cm³/mol. The van der Waals surface area contributed by atoms with Crippen molar-refractivity contribution in [2.24, 2.45) is 5.16 Å². The number of oxime groups is 1. The van der Waals surface area contributed by atoms with Crippen LogP contribution >= 0.6 is 11.6 Å². The van der Waals surface area contributed by atoms with Gasteiger partial charge in [-0.25, -0.2) is 0 Å². The van der Waals surface area contributed by atoms with Crippen LogP contribution in [0.4, 0.5) is 5.69 Å². The number of hydrogen-bond acceptors (Lipinski definition) is 4. The van der Waals surface area contributed by atoms with E-state index in [2.05, 4.69) is 15.4 Å². The number of benzene rings is 2. The Balaban J connectivity index is 1.87. The van der Waals surface area contributed by atoms with Crippen LogP contribution < -0.4 is 10.2 Å². The highest BCUT2D eigenvalue weighted by Crippen LogP contribution is 2.39. The number of rotatable bonds is 1. The lowest BCUT2D eigenvalue weighted by Gasteiger charge is -2.42. The third-order valence-corrected chi connectivity index (χ3v) is 4.61. The molecule has 0 saturated carbocycles. The maximum atomic E-state index is 12.5. The van der Waals surface area contributed by atoms with Crippen LogP contribution in [0, 0.1) is 0 Å². The molecule has 0 aromatic heterocycles. The Morgan fingerprint density at radius 2 is 1.91 bits per heavy atom. The SMILES string of the molecule is O=C1NC(c2ccc(Cl)cc2)N2CC/C(=N\O)c3cccc1c32. The van der Waals surface area contributed by atoms with Crippen molar-refractivity contribution in [1.82, 2.24) is 5.32 Å². The number of hydrogen-bond donors (Lipinski definition) is 2. The topological polar surface area (TPSA) is 64.9 Å². The van der Waals surface area contributed by atoms with Crippen LogP contribution in [0.2, 0.25) is 5.02 Å². The second-order valence-electron chi connectivity index (χ2n) is 5.62. The number of anilines is 1. The Morgan fingerprint density at radius 1 is 1.17 bits per heavy atom. The zero-order chi connectivity index (χ0) is 16.0. The molecule has 0 radical (unpaired) electrons. The summed E-state index contributed by atoms with van der Waals surface area (Å²) in [4.78, 5) is 14.6. The first-order chi connectivity index (χ1) is 11.2. The zero-order valence-electron chi connectivity index (χ0n) is 12.2. The monoisotopic (exact) mass is 327 g/mol. The van der Waals surface area contributed by atoms with E-state index in [1.807, 2.05) is 36.4 Å². The molecule has 1 atom stereocenters. The maximum absolute atomic E-state index is 12.5. The summed E-state index contributed by atoms with van der Waals surface area (Å²) in [6.07, 6.45) is 0.362. The average Bonchev–Trinajstić information content (AvgIpc) is 2.58. The van der Waals surface area contributed by atoms with Crippen LogP contribution in [-0.2, 0) is 0 Å². The van der Waals surface area contributed by atoms with Crippen molar-refractivity contribution >= 4 is 28.9 Å². The van der Waals surface area contributed by atoms with Gasteiger partial charge < -0.3 is 15.4 Å². The molecule has 0 bridgehead atoms. The molecule has 6 heteroatoms. The molecule has 0 spiro atoms. The third-order valence-electron chi connectivity index (χ3n) is 4.35. The van der Waals surface area contributed by atoms with E-state index < -0.39 is 0 Å². The standard InChI is InChI=1S/C17H14ClN3O2/c18-11-6-4-10(5-7-11)16-19-17(22)13-3-1-2-12-14(20-23)8-9-21(16)15(12)13/h1-7,16,23H,8-9H2,(H,19,22)/b20-14+. The fraction of sp³-hybridized carbons (Fsp3) is 0.176. The molecule has 0 fully saturated rings. The van der Waals surface area contributed by atoms with Gasteiger partial charge in [-0.3, -0.25) is 4.79 Å². The highest BCUT2D eigenvalue weighted by Gasteiger charge is 2.36. The lowest BCUT2D eigenvalue weighted by Crippen LogP contribution is -2.49. The first-order valence-corrected chi connectivity index (χ1v) is 7.74. The molecular weight excluding hydrogens is 314 g/mol. The van der Waals surface area contributed by atoms with E-state index in [4.69, 9.17) is 11.6 Å². The van der Waals surface area contributed by atoms with E-state index in [0.717, 1.165) is 16.8 Å². The van der Waals surface area contributed by atoms with Crippen molar-refractivity contribution < 1.29 is 10.0 Å². The van der Waals surface area contributed by atoms with Crippen molar-refractivity contribution in [3.8, 4) is 0 Å². The van der Waals surface area contributed by atoms with Gasteiger partial charge in [-0.05, 0) is 23.8 Å². The number of nitrogens with zero attached hydrogens (tertiary/aromatic N) is 2. The maximum Gasteiger partial charge on any atom is 0.255 e. The van der Waals surface area contributed by atoms with Gasteiger partial charge in [-0.2, -0.15) is 0 Å². The van der Waals surface area contributed by atoms with Crippen molar-refractivity contribution in [3.63, 3.8) is 0 Å². The Hall–Kier alpha value is -2.53. The Labute approximate surface area is 138 Å². The number of para-hydroxylation sites is 1. The summed E-state index contributed by atoms with van der Waals surface area (Å²) in [7, 11) is 0. The normalized spacial score (nSPS) is 21.1. The lowest BCUT2D eigenvalue weighted by atomic mass is 9.92. The molecule has 2 heterocycles. The van der Waals surface area contributed by atoms with Crippen molar-refractivity contribution in [2.75, 3.05) is 11.4 Å². The van der Waals surface area contributed by atoms with Gasteiger partial charge in [0.1, 0.15) is 6.17 Å². The molecule has 0 aliphatic carbocycles. The van der Waals surface area contributed by atoms with E-state index in [1.54, 1.807) is 6.07 Å². The van der Waals surface area contributed by atoms with E-state index in [0.29, 0.717) is 29.3 Å². The van der Waals surface area contributed by atoms with Gasteiger partial charge in [-0.15, -0.1) is 0 Å². The number of carbonyl (C=O) groups is 1. The van der Waals surface area contributed by atoms with Crippen LogP contribution in [0.25, 0.3) is 0 Å². The molecule has 23 heavy (non-hydrogen) atoms. The molecule has 1 unspecified atom stereocenters. The zero-order valence-corrected chi connectivity index (χ0v) is 12.9. The van der Waals surface area contributed by atoms with E-state index >= 15 is 0 Å². The number of nitrogens with one attached hydrogen (secondary N) is 1. The Kier molecular flexibility index (Phi) is 3.23. The van der Waals surface area contributed by atoms with E-state index in [1.165, 1.54) is 0 Å². The summed E-state index contributed by atoms with van der Waals surface area (Å²) in [6.45, 7) is 0.664. The van der Waals surface area contributed by atoms with Gasteiger partial charge in [0.25, 0.3) is 5.91 Å². The van der Waals surface area contributed by atoms with Gasteiger partial charge >= 0.3 is 0 Å². The van der Waals surface area contributed by atoms with Gasteiger partial charge in [0, 0.05) is 23.6 Å². The molecule has 0 saturated heterocycles. The van der Waals surface area contributed by atoms with Crippen LogP contribution in [-0.4, -0.2) is 23.4 Å². The summed E-state index contributed by atoms with van der Waals surface area (Å²) in [5.74, 6) is -0.128. The fourth-order valence-electron chi connectivity index (χ4n) is 3.29. The number of carbonyl (C=O) groups excluding carboxylic acids is 1. The fourth-order valence-corrected chi connectivity index (χ4v) is 3.42. The molecule has 2 aliphatic rings. The highest BCUT2D eigenvalue weighted by atomic mass is 35.5. The average molecular weight is 328 g/mol. The van der Waals surface area contributed by atoms with E-state index in [9.17, 15) is 10.0 Å². The smallest absolute Gasteiger partial charge is 0.255 e. The molecule has 2 aromatic rings. The first kappa shape index (κ1) is 14.1. The number of amides is 1. The summed E-state index contributed by atoms with van der Waals surface area (Å²) in [5.41, 5.74) is 3.82. The minimum Gasteiger partial charge on any atom is -0.411 e. The second-order valence-corrected chi connectivity index (χ2v) is 6.06. The van der Waals surface area contributed by atoms with Gasteiger partial charge in [0.15, 0.2) is 0 Å². The van der Waals surface area contributed by atoms with Crippen molar-refractivity contribution in [3.05, 3.63) is 64.2 Å². The summed E-state index contributed by atoms with van der Waals surface area (Å²) >= 11 is 5.96. The molecule has 2 N–H and O–H groups in total. The quantitative estimate of drug-likeness (QED) is 0.624. The van der Waals surface area contributed by atoms with Crippen LogP contribution in [0.3, 0.4) is 0 Å². The molecule has 4 rings (SSSR count). The largest absolute Gasteiger partial charge is 0.411 e. The minimum atomic E-state index is -0.256. The Morgan fingerprint density at radius 3 is 2.65 bits per heavy atom. The molecule has 5 nitrogen and oxygen atoms in total. The van der Waals surface area contributed by atoms with Crippen molar-refractivity contribution in [1.29, 1.82) is 0 Å². The highest BCUT2D eigenvalue weighted by molar-refractivity contribution is 6.30. The third kappa shape index (κ3) is 2.16. The van der Waals surface area contributed by atoms with Crippen molar-refractivity contribution in [2.45, 2.75) is 12.6 Å². The van der Waals surface area contributed by atoms with Gasteiger partial charge in [-0.1, -0.05) is 41.0 Å². The van der Waals surface area contributed by atoms with Crippen LogP contribution in [0.5, 0.6) is 0 Å². The predicted octanol–water partition coefficient (Wildman–Crippen LogP) is 3.17. The Bertz CT molecular complexity index is 817. The van der Waals surface area contributed by atoms with Crippen LogP contribution in [0.15, 0.2) is 47.6 Å². The summed E-state index contributed by atoms with van der Waals surface area (Å²) in [6, 6.07) is 12.9. The first-order valence-electron chi connectivity index (χ1n) is 7.36. The molecule has 1 amide bonds. The lowest BCUT2D eigenvalue weighted by molar-refractivity contribution is 0.0926. The summed E-state index contributed by atoms with van der Waals surface area (Å²) in [5, 5.41) is 16.3. The van der Waals surface area contributed by atoms with E-state index in [-0.39, 0.29) is 12.1 Å². The van der Waals surface area contributed by atoms with Gasteiger partial charge in [0.2, 0.25) is 0 Å². The second kappa shape index (κ2) is 5.28. The molecule has 2 aromatic carbocycles. The number of halogens is 1. The molecular formula is C17H14ClN3O2. The molecule has 2 aliphatic heterocycles. The van der Waals surface area contributed by atoms with Crippen LogP contribution in [0.1, 0.15) is 34.1 Å². The summed E-state index contributed by atoms with van der Waals surface area (Å²) < 4.78 is 0. The van der Waals surface area contributed by atoms with Gasteiger partial charge in [0.05, 0.1) is 17.0 Å². The molecule has 116 valence electrons.